The van der Waals surface area contributed by atoms with Crippen molar-refractivity contribution >= 4 is 11.4 Å². The average molecular weight is 262 g/mol. The monoisotopic (exact) mass is 262 g/mol. The number of aryl methyl sites for hydroxylation is 2. The molecule has 1 aromatic carbocycles. The number of nitro benzene ring substituents is 1. The Morgan fingerprint density at radius 3 is 2.84 bits per heavy atom. The van der Waals surface area contributed by atoms with E-state index in [1.54, 1.807) is 13.0 Å². The Balaban J connectivity index is 1.99. The van der Waals surface area contributed by atoms with E-state index in [4.69, 9.17) is 4.52 Å². The lowest BCUT2D eigenvalue weighted by Crippen LogP contribution is -2.07. The zero-order chi connectivity index (χ0) is 13.8. The highest BCUT2D eigenvalue weighted by molar-refractivity contribution is 5.56. The minimum absolute atomic E-state index is 0.0727. The fourth-order valence-electron chi connectivity index (χ4n) is 1.67. The molecule has 0 saturated carbocycles. The van der Waals surface area contributed by atoms with Crippen molar-refractivity contribution in [2.75, 3.05) is 11.9 Å². The lowest BCUT2D eigenvalue weighted by molar-refractivity contribution is -0.384. The molecule has 19 heavy (non-hydrogen) atoms. The first-order chi connectivity index (χ1) is 9.06. The summed E-state index contributed by atoms with van der Waals surface area (Å²) in [6.07, 6.45) is 0.597. The molecule has 100 valence electrons. The van der Waals surface area contributed by atoms with Crippen molar-refractivity contribution in [3.05, 3.63) is 45.6 Å². The highest BCUT2D eigenvalue weighted by Gasteiger charge is 2.08. The molecule has 7 heteroatoms. The van der Waals surface area contributed by atoms with Gasteiger partial charge < -0.3 is 9.84 Å². The summed E-state index contributed by atoms with van der Waals surface area (Å²) in [5.74, 6) is 1.15. The van der Waals surface area contributed by atoms with E-state index in [0.717, 1.165) is 11.3 Å². The van der Waals surface area contributed by atoms with Crippen LogP contribution in [0.1, 0.15) is 17.3 Å². The van der Waals surface area contributed by atoms with Gasteiger partial charge in [-0.25, -0.2) is 0 Å². The lowest BCUT2D eigenvalue weighted by Gasteiger charge is -2.07. The van der Waals surface area contributed by atoms with Gasteiger partial charge in [-0.05, 0) is 12.5 Å². The maximum absolute atomic E-state index is 10.7. The summed E-state index contributed by atoms with van der Waals surface area (Å²) in [4.78, 5) is 14.4. The van der Waals surface area contributed by atoms with Crippen LogP contribution in [0.5, 0.6) is 0 Å². The summed E-state index contributed by atoms with van der Waals surface area (Å²) in [6, 6.07) is 4.73. The molecule has 0 aliphatic rings. The van der Waals surface area contributed by atoms with Crippen molar-refractivity contribution in [1.29, 1.82) is 0 Å². The zero-order valence-electron chi connectivity index (χ0n) is 10.7. The number of nitrogens with zero attached hydrogens (tertiary/aromatic N) is 3. The van der Waals surface area contributed by atoms with Crippen molar-refractivity contribution in [3.8, 4) is 0 Å². The van der Waals surface area contributed by atoms with Crippen molar-refractivity contribution in [3.63, 3.8) is 0 Å². The molecule has 7 nitrogen and oxygen atoms in total. The highest BCUT2D eigenvalue weighted by Crippen LogP contribution is 2.21. The Kier molecular flexibility index (Phi) is 3.74. The summed E-state index contributed by atoms with van der Waals surface area (Å²) in [5, 5.41) is 17.6. The summed E-state index contributed by atoms with van der Waals surface area (Å²) >= 11 is 0. The van der Waals surface area contributed by atoms with Gasteiger partial charge in [-0.15, -0.1) is 0 Å². The molecule has 1 N–H and O–H groups in total. The predicted octanol–water partition coefficient (Wildman–Crippen LogP) is 2.25. The fourth-order valence-corrected chi connectivity index (χ4v) is 1.67. The lowest BCUT2D eigenvalue weighted by atomic mass is 10.2. The largest absolute Gasteiger partial charge is 0.384 e. The first-order valence-corrected chi connectivity index (χ1v) is 5.84. The number of hydrogen-bond acceptors (Lipinski definition) is 6. The number of anilines is 1. The number of rotatable bonds is 5. The second-order valence-corrected chi connectivity index (χ2v) is 4.16. The molecule has 1 heterocycles. The molecule has 0 bridgehead atoms. The van der Waals surface area contributed by atoms with Gasteiger partial charge in [0.05, 0.1) is 4.92 Å². The standard InChI is InChI=1S/C12H14N4O3/c1-8-3-4-10(16(17)18)7-11(8)13-6-5-12-14-9(2)19-15-12/h3-4,7,13H,5-6H2,1-2H3. The first kappa shape index (κ1) is 13.0. The molecule has 0 fully saturated rings. The number of benzene rings is 1. The second kappa shape index (κ2) is 5.47. The molecule has 0 saturated heterocycles. The first-order valence-electron chi connectivity index (χ1n) is 5.84. The number of aromatic nitrogens is 2. The van der Waals surface area contributed by atoms with Crippen LogP contribution in [0.4, 0.5) is 11.4 Å². The van der Waals surface area contributed by atoms with Gasteiger partial charge in [0.15, 0.2) is 5.82 Å². The number of hydrogen-bond donors (Lipinski definition) is 1. The van der Waals surface area contributed by atoms with Crippen LogP contribution in [0.2, 0.25) is 0 Å². The Bertz CT molecular complexity index is 594. The van der Waals surface area contributed by atoms with Crippen LogP contribution in [0, 0.1) is 24.0 Å². The molecule has 0 unspecified atom stereocenters. The Labute approximate surface area is 109 Å². The van der Waals surface area contributed by atoms with Crippen molar-refractivity contribution < 1.29 is 9.45 Å². The van der Waals surface area contributed by atoms with Gasteiger partial charge in [0.2, 0.25) is 5.89 Å². The third-order valence-electron chi connectivity index (χ3n) is 2.67. The number of nitrogens with one attached hydrogen (secondary N) is 1. The molecule has 0 spiro atoms. The van der Waals surface area contributed by atoms with E-state index < -0.39 is 4.92 Å². The molecule has 0 amide bonds. The van der Waals surface area contributed by atoms with Gasteiger partial charge in [-0.3, -0.25) is 10.1 Å². The van der Waals surface area contributed by atoms with Gasteiger partial charge in [0.1, 0.15) is 0 Å². The van der Waals surface area contributed by atoms with Gasteiger partial charge >= 0.3 is 0 Å². The minimum atomic E-state index is -0.410. The van der Waals surface area contributed by atoms with Crippen molar-refractivity contribution in [2.45, 2.75) is 20.3 Å². The molecular weight excluding hydrogens is 248 g/mol. The smallest absolute Gasteiger partial charge is 0.271 e. The topological polar surface area (TPSA) is 94.1 Å². The average Bonchev–Trinajstić information content (AvgIpc) is 2.77. The maximum atomic E-state index is 10.7. The van der Waals surface area contributed by atoms with Crippen LogP contribution >= 0.6 is 0 Å². The minimum Gasteiger partial charge on any atom is -0.384 e. The Morgan fingerprint density at radius 2 is 2.21 bits per heavy atom. The summed E-state index contributed by atoms with van der Waals surface area (Å²) < 4.78 is 4.86. The van der Waals surface area contributed by atoms with Gasteiger partial charge in [-0.2, -0.15) is 4.98 Å². The number of non-ortho nitro benzene ring substituents is 1. The van der Waals surface area contributed by atoms with E-state index in [0.29, 0.717) is 24.7 Å². The fraction of sp³-hybridized carbons (Fsp3) is 0.333. The van der Waals surface area contributed by atoms with Crippen LogP contribution < -0.4 is 5.32 Å². The quantitative estimate of drug-likeness (QED) is 0.656. The van der Waals surface area contributed by atoms with E-state index in [2.05, 4.69) is 15.5 Å². The van der Waals surface area contributed by atoms with E-state index in [1.165, 1.54) is 12.1 Å². The molecule has 2 aromatic rings. The van der Waals surface area contributed by atoms with E-state index in [-0.39, 0.29) is 5.69 Å². The second-order valence-electron chi connectivity index (χ2n) is 4.16. The van der Waals surface area contributed by atoms with Gasteiger partial charge in [0.25, 0.3) is 5.69 Å². The summed E-state index contributed by atoms with van der Waals surface area (Å²) in [5.41, 5.74) is 1.77. The number of nitro groups is 1. The SMILES string of the molecule is Cc1nc(CCNc2cc([N+](=O)[O-])ccc2C)no1. The van der Waals surface area contributed by atoms with Crippen LogP contribution in [0.25, 0.3) is 0 Å². The summed E-state index contributed by atoms with van der Waals surface area (Å²) in [6.45, 7) is 4.21. The van der Waals surface area contributed by atoms with E-state index in [1.807, 2.05) is 6.92 Å². The third kappa shape index (κ3) is 3.27. The summed E-state index contributed by atoms with van der Waals surface area (Å²) in [7, 11) is 0. The molecular formula is C12H14N4O3. The van der Waals surface area contributed by atoms with Crippen LogP contribution in [-0.4, -0.2) is 21.6 Å². The van der Waals surface area contributed by atoms with E-state index >= 15 is 0 Å². The third-order valence-corrected chi connectivity index (χ3v) is 2.67. The van der Waals surface area contributed by atoms with Crippen molar-refractivity contribution in [1.82, 2.24) is 10.1 Å². The predicted molar refractivity (Wildman–Crippen MR) is 69.1 cm³/mol. The molecule has 1 aromatic heterocycles. The molecule has 0 atom stereocenters. The van der Waals surface area contributed by atoms with Crippen LogP contribution in [0.15, 0.2) is 22.7 Å². The van der Waals surface area contributed by atoms with Crippen LogP contribution in [0.3, 0.4) is 0 Å². The molecule has 2 rings (SSSR count). The normalized spacial score (nSPS) is 10.4. The Hall–Kier alpha value is -2.44. The van der Waals surface area contributed by atoms with Gasteiger partial charge in [0, 0.05) is 37.7 Å². The highest BCUT2D eigenvalue weighted by atomic mass is 16.6. The van der Waals surface area contributed by atoms with Crippen molar-refractivity contribution in [2.24, 2.45) is 0 Å². The van der Waals surface area contributed by atoms with Crippen LogP contribution in [-0.2, 0) is 6.42 Å². The maximum Gasteiger partial charge on any atom is 0.271 e. The Morgan fingerprint density at radius 1 is 1.42 bits per heavy atom. The zero-order valence-corrected chi connectivity index (χ0v) is 10.7. The molecule has 0 aliphatic heterocycles. The van der Waals surface area contributed by atoms with Gasteiger partial charge in [-0.1, -0.05) is 11.2 Å². The molecule has 0 aliphatic carbocycles. The van der Waals surface area contributed by atoms with E-state index in [9.17, 15) is 10.1 Å². The molecule has 0 radical (unpaired) electrons.